The van der Waals surface area contributed by atoms with Crippen molar-refractivity contribution >= 4 is 11.6 Å². The summed E-state index contributed by atoms with van der Waals surface area (Å²) in [6.45, 7) is 5.62. The van der Waals surface area contributed by atoms with Crippen LogP contribution >= 0.6 is 0 Å². The molecule has 1 heterocycles. The highest BCUT2D eigenvalue weighted by atomic mass is 16.3. The molecular formula is C14H24N4O. The van der Waals surface area contributed by atoms with Gasteiger partial charge in [-0.25, -0.2) is 9.97 Å². The molecule has 0 saturated heterocycles. The van der Waals surface area contributed by atoms with Gasteiger partial charge in [0.05, 0.1) is 6.61 Å². The average molecular weight is 264 g/mol. The van der Waals surface area contributed by atoms with E-state index >= 15 is 0 Å². The van der Waals surface area contributed by atoms with Crippen molar-refractivity contribution in [3.8, 4) is 0 Å². The minimum Gasteiger partial charge on any atom is -0.395 e. The Bertz CT molecular complexity index is 404. The van der Waals surface area contributed by atoms with Crippen LogP contribution < -0.4 is 10.2 Å². The lowest BCUT2D eigenvalue weighted by atomic mass is 10.2. The number of anilines is 2. The van der Waals surface area contributed by atoms with Crippen LogP contribution in [0.1, 0.15) is 38.4 Å². The quantitative estimate of drug-likeness (QED) is 0.822. The molecule has 0 radical (unpaired) electrons. The van der Waals surface area contributed by atoms with Gasteiger partial charge in [0, 0.05) is 25.2 Å². The van der Waals surface area contributed by atoms with Gasteiger partial charge in [0.25, 0.3) is 0 Å². The lowest BCUT2D eigenvalue weighted by molar-refractivity contribution is 0.297. The highest BCUT2D eigenvalue weighted by molar-refractivity contribution is 5.50. The summed E-state index contributed by atoms with van der Waals surface area (Å²) in [7, 11) is 0. The van der Waals surface area contributed by atoms with Crippen LogP contribution in [-0.4, -0.2) is 40.8 Å². The molecule has 106 valence electrons. The number of rotatable bonds is 6. The fourth-order valence-electron chi connectivity index (χ4n) is 2.78. The Morgan fingerprint density at radius 2 is 2.11 bits per heavy atom. The minimum absolute atomic E-state index is 0.163. The summed E-state index contributed by atoms with van der Waals surface area (Å²) >= 11 is 0. The average Bonchev–Trinajstić information content (AvgIpc) is 2.89. The Morgan fingerprint density at radius 3 is 2.74 bits per heavy atom. The molecule has 0 amide bonds. The number of hydrogen-bond donors (Lipinski definition) is 2. The summed E-state index contributed by atoms with van der Waals surface area (Å²) in [5, 5.41) is 12.5. The van der Waals surface area contributed by atoms with E-state index in [2.05, 4.69) is 27.1 Å². The molecule has 5 heteroatoms. The maximum Gasteiger partial charge on any atom is 0.134 e. The largest absolute Gasteiger partial charge is 0.395 e. The zero-order valence-electron chi connectivity index (χ0n) is 11.9. The van der Waals surface area contributed by atoms with Gasteiger partial charge in [0.15, 0.2) is 0 Å². The first-order chi connectivity index (χ1) is 9.24. The number of aryl methyl sites for hydroxylation is 1. The molecule has 1 aliphatic carbocycles. The van der Waals surface area contributed by atoms with E-state index in [1.807, 2.05) is 13.0 Å². The van der Waals surface area contributed by atoms with E-state index in [0.29, 0.717) is 12.6 Å². The number of aliphatic hydroxyl groups excluding tert-OH is 1. The van der Waals surface area contributed by atoms with Crippen molar-refractivity contribution in [3.05, 3.63) is 11.9 Å². The molecule has 1 aromatic rings. The molecule has 0 aromatic carbocycles. The molecule has 0 spiro atoms. The number of hydrogen-bond acceptors (Lipinski definition) is 5. The Balaban J connectivity index is 2.24. The summed E-state index contributed by atoms with van der Waals surface area (Å²) < 4.78 is 0. The van der Waals surface area contributed by atoms with Gasteiger partial charge in [0.2, 0.25) is 0 Å². The van der Waals surface area contributed by atoms with Crippen LogP contribution in [0.4, 0.5) is 11.6 Å². The second-order valence-electron chi connectivity index (χ2n) is 5.04. The van der Waals surface area contributed by atoms with Crippen molar-refractivity contribution in [2.45, 2.75) is 45.6 Å². The first-order valence-electron chi connectivity index (χ1n) is 7.21. The van der Waals surface area contributed by atoms with Crippen LogP contribution in [0.2, 0.25) is 0 Å². The summed E-state index contributed by atoms with van der Waals surface area (Å²) in [5.74, 6) is 2.57. The molecular weight excluding hydrogens is 240 g/mol. The smallest absolute Gasteiger partial charge is 0.134 e. The zero-order chi connectivity index (χ0) is 13.7. The van der Waals surface area contributed by atoms with Gasteiger partial charge < -0.3 is 15.3 Å². The number of nitrogens with zero attached hydrogens (tertiary/aromatic N) is 3. The summed E-state index contributed by atoms with van der Waals surface area (Å²) in [6.07, 6.45) is 4.94. The predicted octanol–water partition coefficient (Wildman–Crippen LogP) is 1.96. The Labute approximate surface area is 115 Å². The lowest BCUT2D eigenvalue weighted by Gasteiger charge is -2.29. The van der Waals surface area contributed by atoms with Gasteiger partial charge in [-0.15, -0.1) is 0 Å². The van der Waals surface area contributed by atoms with E-state index in [0.717, 1.165) is 24.0 Å². The van der Waals surface area contributed by atoms with E-state index in [9.17, 15) is 5.11 Å². The van der Waals surface area contributed by atoms with Crippen molar-refractivity contribution in [2.75, 3.05) is 29.9 Å². The molecule has 1 fully saturated rings. The van der Waals surface area contributed by atoms with Gasteiger partial charge in [0.1, 0.15) is 17.5 Å². The standard InChI is InChI=1S/C14H24N4O/c1-3-15-13-10-14(17-11(2)16-13)18(8-9-19)12-6-4-5-7-12/h10,12,19H,3-9H2,1-2H3,(H,15,16,17). The Hall–Kier alpha value is -1.36. The van der Waals surface area contributed by atoms with Crippen molar-refractivity contribution in [1.82, 2.24) is 9.97 Å². The molecule has 1 aromatic heterocycles. The third-order valence-corrected chi connectivity index (χ3v) is 3.58. The van der Waals surface area contributed by atoms with Crippen LogP contribution in [0.15, 0.2) is 6.07 Å². The van der Waals surface area contributed by atoms with Crippen LogP contribution in [0.3, 0.4) is 0 Å². The van der Waals surface area contributed by atoms with Crippen LogP contribution in [0.5, 0.6) is 0 Å². The van der Waals surface area contributed by atoms with Crippen LogP contribution in [-0.2, 0) is 0 Å². The van der Waals surface area contributed by atoms with Crippen molar-refractivity contribution in [2.24, 2.45) is 0 Å². The summed E-state index contributed by atoms with van der Waals surface area (Å²) in [4.78, 5) is 11.2. The molecule has 1 aliphatic rings. The van der Waals surface area contributed by atoms with Crippen molar-refractivity contribution < 1.29 is 5.11 Å². The van der Waals surface area contributed by atoms with Gasteiger partial charge in [-0.2, -0.15) is 0 Å². The van der Waals surface area contributed by atoms with Gasteiger partial charge in [-0.1, -0.05) is 12.8 Å². The van der Waals surface area contributed by atoms with Crippen LogP contribution in [0, 0.1) is 6.92 Å². The second-order valence-corrected chi connectivity index (χ2v) is 5.04. The minimum atomic E-state index is 0.163. The number of nitrogens with one attached hydrogen (secondary N) is 1. The van der Waals surface area contributed by atoms with E-state index in [1.54, 1.807) is 0 Å². The van der Waals surface area contributed by atoms with E-state index in [4.69, 9.17) is 0 Å². The summed E-state index contributed by atoms with van der Waals surface area (Å²) in [6, 6.07) is 2.50. The predicted molar refractivity (Wildman–Crippen MR) is 77.6 cm³/mol. The van der Waals surface area contributed by atoms with E-state index in [-0.39, 0.29) is 6.61 Å². The van der Waals surface area contributed by atoms with Gasteiger partial charge in [-0.3, -0.25) is 0 Å². The normalized spacial score (nSPS) is 15.7. The number of aromatic nitrogens is 2. The molecule has 0 aliphatic heterocycles. The van der Waals surface area contributed by atoms with Gasteiger partial charge >= 0.3 is 0 Å². The molecule has 19 heavy (non-hydrogen) atoms. The SMILES string of the molecule is CCNc1cc(N(CCO)C2CCCC2)nc(C)n1. The number of aliphatic hydroxyl groups is 1. The zero-order valence-corrected chi connectivity index (χ0v) is 11.9. The molecule has 2 N–H and O–H groups in total. The third-order valence-electron chi connectivity index (χ3n) is 3.58. The second kappa shape index (κ2) is 6.70. The first kappa shape index (κ1) is 14.1. The Morgan fingerprint density at radius 1 is 1.37 bits per heavy atom. The highest BCUT2D eigenvalue weighted by Crippen LogP contribution is 2.27. The van der Waals surface area contributed by atoms with Crippen molar-refractivity contribution in [1.29, 1.82) is 0 Å². The lowest BCUT2D eigenvalue weighted by Crippen LogP contribution is -2.36. The maximum absolute atomic E-state index is 9.30. The third kappa shape index (κ3) is 3.56. The Kier molecular flexibility index (Phi) is 4.96. The fraction of sp³-hybridized carbons (Fsp3) is 0.714. The first-order valence-corrected chi connectivity index (χ1v) is 7.21. The topological polar surface area (TPSA) is 61.3 Å². The molecule has 2 rings (SSSR count). The van der Waals surface area contributed by atoms with Crippen molar-refractivity contribution in [3.63, 3.8) is 0 Å². The maximum atomic E-state index is 9.30. The molecule has 0 atom stereocenters. The monoisotopic (exact) mass is 264 g/mol. The molecule has 0 bridgehead atoms. The van der Waals surface area contributed by atoms with Gasteiger partial charge in [-0.05, 0) is 26.7 Å². The molecule has 5 nitrogen and oxygen atoms in total. The van der Waals surface area contributed by atoms with Crippen LogP contribution in [0.25, 0.3) is 0 Å². The highest BCUT2D eigenvalue weighted by Gasteiger charge is 2.23. The van der Waals surface area contributed by atoms with E-state index in [1.165, 1.54) is 25.7 Å². The molecule has 0 unspecified atom stereocenters. The summed E-state index contributed by atoms with van der Waals surface area (Å²) in [5.41, 5.74) is 0. The molecule has 1 saturated carbocycles. The van der Waals surface area contributed by atoms with E-state index < -0.39 is 0 Å². The fourth-order valence-corrected chi connectivity index (χ4v) is 2.78.